The minimum absolute atomic E-state index is 0. The molecular weight excluding hydrogens is 907 g/mol. The summed E-state index contributed by atoms with van der Waals surface area (Å²) < 4.78 is 134. The smallest absolute Gasteiger partial charge is 0.748 e. The van der Waals surface area contributed by atoms with Gasteiger partial charge in [0.1, 0.15) is 29.0 Å². The van der Waals surface area contributed by atoms with E-state index >= 15 is 0 Å². The summed E-state index contributed by atoms with van der Waals surface area (Å²) in [6, 6.07) is 11.3. The van der Waals surface area contributed by atoms with E-state index in [1.165, 1.54) is 24.5 Å². The zero-order valence-corrected chi connectivity index (χ0v) is 42.5. The number of aliphatic carboxylic acids is 1. The molecule has 3 aliphatic rings. The summed E-state index contributed by atoms with van der Waals surface area (Å²) in [5, 5.41) is 9.40. The number of carboxylic acid groups (broad SMARTS) is 1. The standard InChI is InChI=1S/C40H54N2O16S3.2Na/c1-3-41(16-6-28-60(48,49)50)32-9-11-34-31(13-19-58-37(34)29-32)7-4-8-38-40(2,15-5-27-59(45,46)47)35-30-33(61(51,52)53)10-12-36(35)42(38)17-20-55-22-24-57-26-25-56-23-21-54-18-14-39(43)44;;/h4,7-13,19,29-30H,3,5-6,14-18,20-28H2,1-2H3,(H3-,43,44,45,46,47,48,49,50,51,52,53);;/q;2*+1/p-2. The Morgan fingerprint density at radius 2 is 1.43 bits per heavy atom. The van der Waals surface area contributed by atoms with Gasteiger partial charge in [0.25, 0.3) is 0 Å². The first-order valence-electron chi connectivity index (χ1n) is 19.6. The van der Waals surface area contributed by atoms with E-state index in [-0.39, 0.29) is 131 Å². The molecule has 0 bridgehead atoms. The molecule has 2 aliphatic heterocycles. The number of benzene rings is 2. The Morgan fingerprint density at radius 1 is 0.825 bits per heavy atom. The van der Waals surface area contributed by atoms with Crippen molar-refractivity contribution in [2.45, 2.75) is 49.8 Å². The topological polar surface area (TPSA) is 265 Å². The summed E-state index contributed by atoms with van der Waals surface area (Å²) >= 11 is 0. The van der Waals surface area contributed by atoms with Crippen molar-refractivity contribution in [2.24, 2.45) is 0 Å². The van der Waals surface area contributed by atoms with Crippen molar-refractivity contribution >= 4 is 48.1 Å². The third-order valence-electron chi connectivity index (χ3n) is 9.92. The molecule has 4 rings (SSSR count). The molecule has 1 N–H and O–H groups in total. The van der Waals surface area contributed by atoms with Crippen molar-refractivity contribution in [3.05, 3.63) is 83.1 Å². The van der Waals surface area contributed by atoms with Crippen LogP contribution in [0, 0.1) is 0 Å². The molecule has 0 saturated carbocycles. The first-order chi connectivity index (χ1) is 28.8. The first-order valence-corrected chi connectivity index (χ1v) is 24.1. The second kappa shape index (κ2) is 26.9. The van der Waals surface area contributed by atoms with E-state index in [0.29, 0.717) is 49.0 Å². The number of hydrogen-bond acceptors (Lipinski definition) is 16. The number of hydrogen-bond donors (Lipinski definition) is 1. The molecule has 0 saturated heterocycles. The first kappa shape index (κ1) is 57.1. The maximum atomic E-state index is 12.2. The van der Waals surface area contributed by atoms with Crippen molar-refractivity contribution in [1.82, 2.24) is 4.58 Å². The van der Waals surface area contributed by atoms with Crippen LogP contribution < -0.4 is 73.9 Å². The normalized spacial score (nSPS) is 16.6. The number of allylic oxidation sites excluding steroid dienone is 3. The SMILES string of the molecule is CC[N+](CCCS(=O)(=O)[O-])=c1ccc2c(/C=C/C=C3/N(CCOCCOCCOCCOCCC(=O)O)c4ccc(S(=O)(=O)[O-])cc4C3(C)CCCS(=O)(=O)[O-])ccoc-2c1.[Na+].[Na+]. The largest absolute Gasteiger partial charge is 1.00 e. The predicted octanol–water partition coefficient (Wildman–Crippen LogP) is -3.43. The fourth-order valence-electron chi connectivity index (χ4n) is 6.98. The van der Waals surface area contributed by atoms with E-state index < -0.39 is 58.1 Å². The Hall–Kier alpha value is -2.03. The molecule has 23 heteroatoms. The van der Waals surface area contributed by atoms with E-state index in [1.54, 1.807) is 19.1 Å². The van der Waals surface area contributed by atoms with Crippen LogP contribution in [0.25, 0.3) is 17.4 Å². The van der Waals surface area contributed by atoms with Crippen molar-refractivity contribution < 1.29 is 131 Å². The molecule has 0 amide bonds. The second-order valence-corrected chi connectivity index (χ2v) is 18.7. The Kier molecular flexibility index (Phi) is 24.4. The molecule has 1 aliphatic carbocycles. The van der Waals surface area contributed by atoms with Crippen molar-refractivity contribution in [3.63, 3.8) is 0 Å². The number of carboxylic acids is 1. The van der Waals surface area contributed by atoms with Crippen LogP contribution in [0.4, 0.5) is 5.69 Å². The number of ether oxygens (including phenoxy) is 4. The maximum absolute atomic E-state index is 12.2. The number of rotatable bonds is 27. The number of anilines is 1. The maximum Gasteiger partial charge on any atom is 1.00 e. The second-order valence-electron chi connectivity index (χ2n) is 14.2. The molecular formula is C40H52N2Na2O16S3. The zero-order chi connectivity index (χ0) is 44.7. The molecule has 338 valence electrons. The summed E-state index contributed by atoms with van der Waals surface area (Å²) in [7, 11) is -13.8. The van der Waals surface area contributed by atoms with Crippen LogP contribution in [-0.2, 0) is 59.5 Å². The van der Waals surface area contributed by atoms with Gasteiger partial charge in [-0.25, -0.2) is 29.8 Å². The molecule has 2 heterocycles. The van der Waals surface area contributed by atoms with Gasteiger partial charge in [0, 0.05) is 52.9 Å². The third kappa shape index (κ3) is 18.6. The fraction of sp³-hybridized carbons (Fsp3) is 0.500. The van der Waals surface area contributed by atoms with Gasteiger partial charge in [-0.1, -0.05) is 12.2 Å². The number of nitrogens with zero attached hydrogens (tertiary/aromatic N) is 2. The third-order valence-corrected chi connectivity index (χ3v) is 12.3. The minimum Gasteiger partial charge on any atom is -0.748 e. The Balaban J connectivity index is 0.00000683. The Morgan fingerprint density at radius 3 is 2.02 bits per heavy atom. The van der Waals surface area contributed by atoms with Gasteiger partial charge >= 0.3 is 65.1 Å². The molecule has 18 nitrogen and oxygen atoms in total. The minimum atomic E-state index is -4.86. The summed E-state index contributed by atoms with van der Waals surface area (Å²) in [6.07, 6.45) is 7.11. The predicted molar refractivity (Wildman–Crippen MR) is 221 cm³/mol. The van der Waals surface area contributed by atoms with Crippen LogP contribution in [0.5, 0.6) is 0 Å². The molecule has 0 radical (unpaired) electrons. The summed E-state index contributed by atoms with van der Waals surface area (Å²) in [4.78, 5) is 12.0. The molecule has 1 aromatic rings. The monoisotopic (exact) mass is 958 g/mol. The molecule has 1 atom stereocenters. The van der Waals surface area contributed by atoms with Gasteiger partial charge in [-0.05, 0) is 74.2 Å². The van der Waals surface area contributed by atoms with Gasteiger partial charge in [0.2, 0.25) is 5.36 Å². The average molecular weight is 959 g/mol. The van der Waals surface area contributed by atoms with Crippen LogP contribution in [-0.4, -0.2) is 134 Å². The Labute approximate surface area is 413 Å². The van der Waals surface area contributed by atoms with Gasteiger partial charge in [-0.2, -0.15) is 0 Å². The molecule has 63 heavy (non-hydrogen) atoms. The molecule has 0 aromatic heterocycles. The van der Waals surface area contributed by atoms with E-state index in [2.05, 4.69) is 0 Å². The average Bonchev–Trinajstić information content (AvgIpc) is 3.40. The Bertz CT molecular complexity index is 2390. The fourth-order valence-corrected chi connectivity index (χ4v) is 8.45. The zero-order valence-electron chi connectivity index (χ0n) is 36.1. The summed E-state index contributed by atoms with van der Waals surface area (Å²) in [6.45, 7) is 6.81. The van der Waals surface area contributed by atoms with Gasteiger partial charge in [0.15, 0.2) is 0 Å². The molecule has 0 spiro atoms. The van der Waals surface area contributed by atoms with Gasteiger partial charge in [0.05, 0.1) is 96.7 Å². The molecule has 1 unspecified atom stereocenters. The number of carbonyl (C=O) groups is 1. The molecule has 0 fully saturated rings. The van der Waals surface area contributed by atoms with Crippen LogP contribution in [0.2, 0.25) is 0 Å². The van der Waals surface area contributed by atoms with E-state index in [0.717, 1.165) is 16.5 Å². The van der Waals surface area contributed by atoms with E-state index in [1.807, 2.05) is 46.8 Å². The molecule has 1 aromatic carbocycles. The van der Waals surface area contributed by atoms with E-state index in [4.69, 9.17) is 28.5 Å². The summed E-state index contributed by atoms with van der Waals surface area (Å²) in [5.74, 6) is -1.52. The summed E-state index contributed by atoms with van der Waals surface area (Å²) in [5.41, 5.74) is 2.15. The van der Waals surface area contributed by atoms with Gasteiger partial charge in [-0.3, -0.25) is 4.79 Å². The van der Waals surface area contributed by atoms with Crippen molar-refractivity contribution in [1.29, 1.82) is 0 Å². The van der Waals surface area contributed by atoms with Crippen LogP contribution >= 0.6 is 0 Å². The van der Waals surface area contributed by atoms with Crippen LogP contribution in [0.3, 0.4) is 0 Å². The number of fused-ring (bicyclic) bond motifs is 2. The van der Waals surface area contributed by atoms with Crippen molar-refractivity contribution in [3.8, 4) is 11.3 Å². The van der Waals surface area contributed by atoms with Gasteiger partial charge in [-0.15, -0.1) is 0 Å². The van der Waals surface area contributed by atoms with Crippen molar-refractivity contribution in [2.75, 3.05) is 88.9 Å². The van der Waals surface area contributed by atoms with Gasteiger partial charge < -0.3 is 47.0 Å². The quantitative estimate of drug-likeness (QED) is 0.0337. The van der Waals surface area contributed by atoms with E-state index in [9.17, 15) is 43.7 Å². The van der Waals surface area contributed by atoms with Crippen LogP contribution in [0.15, 0.2) is 75.9 Å². The van der Waals surface area contributed by atoms with Crippen LogP contribution in [0.1, 0.15) is 50.7 Å².